The molecule has 0 spiro atoms. The van der Waals surface area contributed by atoms with Crippen LogP contribution in [0.1, 0.15) is 64.2 Å². The zero-order valence-electron chi connectivity index (χ0n) is 17.7. The Hall–Kier alpha value is -0.760. The second-order valence-electron chi connectivity index (χ2n) is 8.85. The van der Waals surface area contributed by atoms with Gasteiger partial charge < -0.3 is 4.48 Å². The second kappa shape index (κ2) is 9.85. The number of hydrogen-bond acceptors (Lipinski definition) is 2. The van der Waals surface area contributed by atoms with E-state index in [1.54, 1.807) is 0 Å². The molecule has 0 aromatic heterocycles. The van der Waals surface area contributed by atoms with Crippen molar-refractivity contribution < 1.29 is 57.0 Å². The van der Waals surface area contributed by atoms with Gasteiger partial charge in [0.2, 0.25) is 0 Å². The molecule has 0 unspecified atom stereocenters. The third-order valence-electron chi connectivity index (χ3n) is 6.47. The zero-order valence-corrected chi connectivity index (χ0v) is 18.6. The summed E-state index contributed by atoms with van der Waals surface area (Å²) >= 11 is 0. The molecule has 0 heterocycles. The number of nitrogens with zero attached hydrogens (tertiary/aromatic N) is 1. The molecule has 2 saturated carbocycles. The fourth-order valence-corrected chi connectivity index (χ4v) is 4.77. The van der Waals surface area contributed by atoms with Gasteiger partial charge in [0.05, 0.1) is 26.2 Å². The van der Waals surface area contributed by atoms with Crippen LogP contribution in [0.3, 0.4) is 0 Å². The van der Waals surface area contributed by atoms with Crippen LogP contribution in [-0.4, -0.2) is 66.9 Å². The van der Waals surface area contributed by atoms with Gasteiger partial charge in [0.15, 0.2) is 0 Å². The molecule has 192 valence electrons. The first-order valence-corrected chi connectivity index (χ1v) is 11.7. The monoisotopic (exact) mass is 510 g/mol. The number of rotatable bonds is 5. The van der Waals surface area contributed by atoms with E-state index in [9.17, 15) is 47.9 Å². The van der Waals surface area contributed by atoms with E-state index in [4.69, 9.17) is 4.55 Å². The van der Waals surface area contributed by atoms with E-state index < -0.39 is 33.4 Å². The van der Waals surface area contributed by atoms with E-state index in [-0.39, 0.29) is 0 Å². The van der Waals surface area contributed by atoms with Gasteiger partial charge in [0.1, 0.15) is 0 Å². The minimum Gasteiger partial charge on any atom is -0.324 e. The smallest absolute Gasteiger partial charge is 0.324 e. The Morgan fingerprint density at radius 1 is 0.656 bits per heavy atom. The summed E-state index contributed by atoms with van der Waals surface area (Å²) in [6.07, 6.45) is 7.74. The van der Waals surface area contributed by atoms with Crippen LogP contribution in [0.2, 0.25) is 0 Å². The average Bonchev–Trinajstić information content (AvgIpc) is 2.68. The lowest BCUT2D eigenvalue weighted by Gasteiger charge is -2.47. The molecular weight excluding hydrogens is 481 g/mol. The summed E-state index contributed by atoms with van der Waals surface area (Å²) in [4.78, 5) is 0. The second-order valence-corrected chi connectivity index (χ2v) is 10.3. The van der Waals surface area contributed by atoms with Crippen LogP contribution >= 0.6 is 0 Å². The predicted octanol–water partition coefficient (Wildman–Crippen LogP) is 6.03. The van der Waals surface area contributed by atoms with Crippen molar-refractivity contribution in [2.45, 2.75) is 99.6 Å². The number of hydrogen-bond donors (Lipinski definition) is 1. The minimum atomic E-state index is -7.37. The summed E-state index contributed by atoms with van der Waals surface area (Å²) in [6.45, 7) is 0. The standard InChI is InChI=1S/C14H28N.C4HF9O3S/c1-15(2,13-9-5-3-6-10-13)14-11-7-4-8-12-14;5-1(6,3(9,10)11)2(7,8)4(12,13)17(14,15)16/h13-14H,3-12H2,1-2H3;(H,14,15,16)/q+1;. The van der Waals surface area contributed by atoms with Crippen LogP contribution in [0, 0.1) is 0 Å². The first-order valence-electron chi connectivity index (χ1n) is 10.2. The minimum absolute atomic E-state index is 0.974. The van der Waals surface area contributed by atoms with Crippen molar-refractivity contribution in [3.8, 4) is 0 Å². The van der Waals surface area contributed by atoms with Crippen LogP contribution in [0.25, 0.3) is 0 Å². The number of halogens is 9. The Labute approximate surface area is 181 Å². The molecule has 32 heavy (non-hydrogen) atoms. The highest BCUT2D eigenvalue weighted by atomic mass is 32.2. The third-order valence-corrected chi connectivity index (χ3v) is 7.38. The molecule has 2 fully saturated rings. The quantitative estimate of drug-likeness (QED) is 0.279. The summed E-state index contributed by atoms with van der Waals surface area (Å²) in [5, 5.41) is -7.00. The molecule has 0 bridgehead atoms. The summed E-state index contributed by atoms with van der Waals surface area (Å²) < 4.78 is 135. The SMILES string of the molecule is C[N+](C)(C1CCCCC1)C1CCCCC1.O=S(=O)(O)C(F)(F)C(F)(F)C(F)(F)C(F)(F)F. The number of alkyl halides is 9. The fourth-order valence-electron chi connectivity index (χ4n) is 4.31. The molecule has 0 atom stereocenters. The Bertz CT molecular complexity index is 692. The van der Waals surface area contributed by atoms with Crippen molar-refractivity contribution in [1.82, 2.24) is 0 Å². The molecule has 1 N–H and O–H groups in total. The van der Waals surface area contributed by atoms with Gasteiger partial charge in [-0.25, -0.2) is 0 Å². The normalized spacial score (nSPS) is 21.1. The molecule has 2 aliphatic rings. The summed E-state index contributed by atoms with van der Waals surface area (Å²) in [5.41, 5.74) is 0. The molecule has 0 amide bonds. The van der Waals surface area contributed by atoms with Crippen molar-refractivity contribution in [2.24, 2.45) is 0 Å². The number of quaternary nitrogens is 1. The van der Waals surface area contributed by atoms with E-state index >= 15 is 0 Å². The van der Waals surface area contributed by atoms with Crippen molar-refractivity contribution >= 4 is 10.1 Å². The highest BCUT2D eigenvalue weighted by Crippen LogP contribution is 2.54. The first-order chi connectivity index (χ1) is 14.2. The van der Waals surface area contributed by atoms with Crippen LogP contribution in [-0.2, 0) is 10.1 Å². The molecular formula is C18H29F9NO3S+. The van der Waals surface area contributed by atoms with Crippen molar-refractivity contribution in [3.05, 3.63) is 0 Å². The van der Waals surface area contributed by atoms with Gasteiger partial charge in [-0.2, -0.15) is 47.9 Å². The van der Waals surface area contributed by atoms with Gasteiger partial charge in [-0.05, 0) is 51.4 Å². The highest BCUT2D eigenvalue weighted by Gasteiger charge is 2.85. The largest absolute Gasteiger partial charge is 0.460 e. The maximum absolute atomic E-state index is 12.2. The van der Waals surface area contributed by atoms with Crippen LogP contribution in [0.5, 0.6) is 0 Å². The Morgan fingerprint density at radius 2 is 0.969 bits per heavy atom. The summed E-state index contributed by atoms with van der Waals surface area (Å²) in [7, 11) is -2.15. The lowest BCUT2D eigenvalue weighted by atomic mass is 9.87. The molecule has 0 aromatic carbocycles. The Balaban J connectivity index is 0.000000321. The Kier molecular flexibility index (Phi) is 9.01. The molecule has 4 nitrogen and oxygen atoms in total. The van der Waals surface area contributed by atoms with Crippen molar-refractivity contribution in [1.29, 1.82) is 0 Å². The van der Waals surface area contributed by atoms with Crippen LogP contribution in [0.4, 0.5) is 39.5 Å². The van der Waals surface area contributed by atoms with E-state index in [1.165, 1.54) is 68.7 Å². The lowest BCUT2D eigenvalue weighted by Crippen LogP contribution is -2.63. The molecule has 14 heteroatoms. The Morgan fingerprint density at radius 3 is 1.22 bits per heavy atom. The van der Waals surface area contributed by atoms with Gasteiger partial charge in [-0.1, -0.05) is 12.8 Å². The van der Waals surface area contributed by atoms with E-state index in [0.29, 0.717) is 0 Å². The highest BCUT2D eigenvalue weighted by molar-refractivity contribution is 7.87. The van der Waals surface area contributed by atoms with Gasteiger partial charge in [0.25, 0.3) is 0 Å². The van der Waals surface area contributed by atoms with Gasteiger partial charge in [-0.15, -0.1) is 0 Å². The maximum Gasteiger partial charge on any atom is 0.460 e. The van der Waals surface area contributed by atoms with Gasteiger partial charge in [-0.3, -0.25) is 4.55 Å². The topological polar surface area (TPSA) is 54.4 Å². The molecule has 0 saturated heterocycles. The molecule has 2 rings (SSSR count). The van der Waals surface area contributed by atoms with Crippen molar-refractivity contribution in [2.75, 3.05) is 14.1 Å². The third kappa shape index (κ3) is 5.83. The average molecular weight is 510 g/mol. The van der Waals surface area contributed by atoms with E-state index in [1.807, 2.05) is 0 Å². The van der Waals surface area contributed by atoms with E-state index in [2.05, 4.69) is 14.1 Å². The van der Waals surface area contributed by atoms with Gasteiger partial charge in [0, 0.05) is 0 Å². The molecule has 0 radical (unpaired) electrons. The van der Waals surface area contributed by atoms with Crippen LogP contribution < -0.4 is 0 Å². The summed E-state index contributed by atoms with van der Waals surface area (Å²) in [5.74, 6) is -14.7. The van der Waals surface area contributed by atoms with Crippen molar-refractivity contribution in [3.63, 3.8) is 0 Å². The first kappa shape index (κ1) is 29.3. The van der Waals surface area contributed by atoms with E-state index in [0.717, 1.165) is 12.1 Å². The predicted molar refractivity (Wildman–Crippen MR) is 98.3 cm³/mol. The van der Waals surface area contributed by atoms with Gasteiger partial charge >= 0.3 is 33.4 Å². The maximum atomic E-state index is 12.2. The lowest BCUT2D eigenvalue weighted by molar-refractivity contribution is -0.941. The fraction of sp³-hybridized carbons (Fsp3) is 1.00. The molecule has 0 aromatic rings. The molecule has 2 aliphatic carbocycles. The van der Waals surface area contributed by atoms with Crippen LogP contribution in [0.15, 0.2) is 0 Å². The zero-order chi connectivity index (χ0) is 25.2. The summed E-state index contributed by atoms with van der Waals surface area (Å²) in [6, 6.07) is 1.95. The molecule has 0 aliphatic heterocycles.